The minimum atomic E-state index is 0.0211. The second-order valence-corrected chi connectivity index (χ2v) is 5.11. The Labute approximate surface area is 123 Å². The van der Waals surface area contributed by atoms with Gasteiger partial charge in [-0.3, -0.25) is 4.79 Å². The molecule has 0 spiro atoms. The van der Waals surface area contributed by atoms with E-state index in [1.165, 1.54) is 0 Å². The molecule has 0 saturated carbocycles. The van der Waals surface area contributed by atoms with Crippen molar-refractivity contribution in [2.24, 2.45) is 0 Å². The maximum absolute atomic E-state index is 12.3. The van der Waals surface area contributed by atoms with Crippen LogP contribution in [-0.4, -0.2) is 29.2 Å². The van der Waals surface area contributed by atoms with Crippen molar-refractivity contribution >= 4 is 5.91 Å². The van der Waals surface area contributed by atoms with Crippen molar-refractivity contribution in [3.63, 3.8) is 0 Å². The van der Waals surface area contributed by atoms with E-state index in [1.54, 1.807) is 23.1 Å². The SMILES string of the molecule is O=C1c2ccccc2OCN1CCCc1cccc(O)c1. The summed E-state index contributed by atoms with van der Waals surface area (Å²) in [6.45, 7) is 0.943. The number of hydrogen-bond donors (Lipinski definition) is 1. The fraction of sp³-hybridized carbons (Fsp3) is 0.235. The molecule has 21 heavy (non-hydrogen) atoms. The van der Waals surface area contributed by atoms with Crippen LogP contribution in [0.25, 0.3) is 0 Å². The first-order valence-electron chi connectivity index (χ1n) is 7.03. The van der Waals surface area contributed by atoms with Crippen molar-refractivity contribution in [1.29, 1.82) is 0 Å². The molecular weight excluding hydrogens is 266 g/mol. The Morgan fingerprint density at radius 2 is 2.00 bits per heavy atom. The van der Waals surface area contributed by atoms with E-state index in [0.717, 1.165) is 18.4 Å². The monoisotopic (exact) mass is 283 g/mol. The topological polar surface area (TPSA) is 49.8 Å². The van der Waals surface area contributed by atoms with E-state index in [-0.39, 0.29) is 11.7 Å². The molecule has 0 unspecified atom stereocenters. The van der Waals surface area contributed by atoms with Crippen molar-refractivity contribution in [3.05, 3.63) is 59.7 Å². The Morgan fingerprint density at radius 1 is 1.14 bits per heavy atom. The lowest BCUT2D eigenvalue weighted by Crippen LogP contribution is -2.39. The summed E-state index contributed by atoms with van der Waals surface area (Å²) in [5.41, 5.74) is 1.70. The van der Waals surface area contributed by atoms with Gasteiger partial charge in [0.15, 0.2) is 6.73 Å². The maximum atomic E-state index is 12.3. The molecule has 0 atom stereocenters. The minimum Gasteiger partial charge on any atom is -0.508 e. The number of hydrogen-bond acceptors (Lipinski definition) is 3. The van der Waals surface area contributed by atoms with Gasteiger partial charge in [0.2, 0.25) is 0 Å². The zero-order chi connectivity index (χ0) is 14.7. The van der Waals surface area contributed by atoms with Gasteiger partial charge in [-0.05, 0) is 42.7 Å². The average Bonchev–Trinajstić information content (AvgIpc) is 2.50. The standard InChI is InChI=1S/C17H17NO3/c19-14-7-3-5-13(11-14)6-4-10-18-12-21-16-9-2-1-8-15(16)17(18)20/h1-3,5,7-9,11,19H,4,6,10,12H2. The highest BCUT2D eigenvalue weighted by molar-refractivity contribution is 5.97. The summed E-state index contributed by atoms with van der Waals surface area (Å²) >= 11 is 0. The first kappa shape index (κ1) is 13.5. The number of aromatic hydroxyl groups is 1. The fourth-order valence-electron chi connectivity index (χ4n) is 2.50. The number of amides is 1. The van der Waals surface area contributed by atoms with Gasteiger partial charge in [0, 0.05) is 6.54 Å². The largest absolute Gasteiger partial charge is 0.508 e. The van der Waals surface area contributed by atoms with Gasteiger partial charge in [-0.2, -0.15) is 0 Å². The molecule has 4 heteroatoms. The highest BCUT2D eigenvalue weighted by atomic mass is 16.5. The number of ether oxygens (including phenoxy) is 1. The van der Waals surface area contributed by atoms with Crippen LogP contribution in [0.3, 0.4) is 0 Å². The molecule has 108 valence electrons. The highest BCUT2D eigenvalue weighted by Crippen LogP contribution is 2.24. The van der Waals surface area contributed by atoms with Crippen LogP contribution >= 0.6 is 0 Å². The number of fused-ring (bicyclic) bond motifs is 1. The predicted octanol–water partition coefficient (Wildman–Crippen LogP) is 2.82. The molecular formula is C17H17NO3. The Morgan fingerprint density at radius 3 is 2.86 bits per heavy atom. The fourth-order valence-corrected chi connectivity index (χ4v) is 2.50. The third kappa shape index (κ3) is 2.99. The van der Waals surface area contributed by atoms with E-state index < -0.39 is 0 Å². The molecule has 0 radical (unpaired) electrons. The summed E-state index contributed by atoms with van der Waals surface area (Å²) in [6.07, 6.45) is 1.65. The summed E-state index contributed by atoms with van der Waals surface area (Å²) < 4.78 is 5.59. The number of carbonyl (C=O) groups excluding carboxylic acids is 1. The Bertz CT molecular complexity index is 654. The maximum Gasteiger partial charge on any atom is 0.260 e. The van der Waals surface area contributed by atoms with Crippen molar-refractivity contribution in [1.82, 2.24) is 4.90 Å². The van der Waals surface area contributed by atoms with Crippen molar-refractivity contribution in [2.45, 2.75) is 12.8 Å². The molecule has 2 aromatic rings. The lowest BCUT2D eigenvalue weighted by molar-refractivity contribution is 0.0519. The second kappa shape index (κ2) is 5.87. The lowest BCUT2D eigenvalue weighted by Gasteiger charge is -2.28. The van der Waals surface area contributed by atoms with E-state index in [0.29, 0.717) is 24.6 Å². The third-order valence-electron chi connectivity index (χ3n) is 3.58. The number of para-hydroxylation sites is 1. The first-order valence-corrected chi connectivity index (χ1v) is 7.03. The summed E-state index contributed by atoms with van der Waals surface area (Å²) in [5.74, 6) is 0.957. The number of phenolic OH excluding ortho intramolecular Hbond substituents is 1. The Hall–Kier alpha value is -2.49. The van der Waals surface area contributed by atoms with E-state index in [4.69, 9.17) is 4.74 Å². The van der Waals surface area contributed by atoms with Gasteiger partial charge in [0.1, 0.15) is 11.5 Å². The van der Waals surface area contributed by atoms with Crippen LogP contribution in [0.5, 0.6) is 11.5 Å². The average molecular weight is 283 g/mol. The number of carbonyl (C=O) groups is 1. The van der Waals surface area contributed by atoms with Gasteiger partial charge in [-0.25, -0.2) is 0 Å². The summed E-state index contributed by atoms with van der Waals surface area (Å²) in [7, 11) is 0. The molecule has 1 aliphatic heterocycles. The van der Waals surface area contributed by atoms with Gasteiger partial charge in [0.05, 0.1) is 5.56 Å². The van der Waals surface area contributed by atoms with Crippen molar-refractivity contribution in [2.75, 3.05) is 13.3 Å². The lowest BCUT2D eigenvalue weighted by atomic mass is 10.1. The van der Waals surface area contributed by atoms with Gasteiger partial charge >= 0.3 is 0 Å². The second-order valence-electron chi connectivity index (χ2n) is 5.11. The van der Waals surface area contributed by atoms with Crippen LogP contribution in [0.4, 0.5) is 0 Å². The number of nitrogens with zero attached hydrogens (tertiary/aromatic N) is 1. The molecule has 1 N–H and O–H groups in total. The van der Waals surface area contributed by atoms with Crippen LogP contribution in [0, 0.1) is 0 Å². The summed E-state index contributed by atoms with van der Waals surface area (Å²) in [4.78, 5) is 14.0. The molecule has 2 aromatic carbocycles. The van der Waals surface area contributed by atoms with Crippen molar-refractivity contribution in [3.8, 4) is 11.5 Å². The number of rotatable bonds is 4. The molecule has 1 amide bonds. The van der Waals surface area contributed by atoms with Gasteiger partial charge < -0.3 is 14.7 Å². The molecule has 0 aliphatic carbocycles. The van der Waals surface area contributed by atoms with Crippen LogP contribution in [0.1, 0.15) is 22.3 Å². The highest BCUT2D eigenvalue weighted by Gasteiger charge is 2.24. The Balaban J connectivity index is 1.58. The summed E-state index contributed by atoms with van der Waals surface area (Å²) in [6, 6.07) is 14.5. The van der Waals surface area contributed by atoms with Gasteiger partial charge in [-0.1, -0.05) is 24.3 Å². The Kier molecular flexibility index (Phi) is 3.77. The quantitative estimate of drug-likeness (QED) is 0.938. The van der Waals surface area contributed by atoms with Crippen LogP contribution < -0.4 is 4.74 Å². The van der Waals surface area contributed by atoms with E-state index in [2.05, 4.69) is 0 Å². The molecule has 0 saturated heterocycles. The van der Waals surface area contributed by atoms with Crippen LogP contribution in [0.15, 0.2) is 48.5 Å². The minimum absolute atomic E-state index is 0.0211. The molecule has 0 fully saturated rings. The molecule has 1 heterocycles. The van der Waals surface area contributed by atoms with Gasteiger partial charge in [0.25, 0.3) is 5.91 Å². The zero-order valence-corrected chi connectivity index (χ0v) is 11.7. The third-order valence-corrected chi connectivity index (χ3v) is 3.58. The van der Waals surface area contributed by atoms with Crippen LogP contribution in [-0.2, 0) is 6.42 Å². The molecule has 4 nitrogen and oxygen atoms in total. The molecule has 0 aromatic heterocycles. The van der Waals surface area contributed by atoms with E-state index in [9.17, 15) is 9.90 Å². The molecule has 0 bridgehead atoms. The number of benzene rings is 2. The van der Waals surface area contributed by atoms with E-state index >= 15 is 0 Å². The molecule has 3 rings (SSSR count). The predicted molar refractivity (Wildman–Crippen MR) is 79.4 cm³/mol. The smallest absolute Gasteiger partial charge is 0.260 e. The van der Waals surface area contributed by atoms with E-state index in [1.807, 2.05) is 30.3 Å². The van der Waals surface area contributed by atoms with Crippen molar-refractivity contribution < 1.29 is 14.6 Å². The normalized spacial score (nSPS) is 13.7. The first-order chi connectivity index (χ1) is 10.2. The number of aryl methyl sites for hydroxylation is 1. The zero-order valence-electron chi connectivity index (χ0n) is 11.7. The summed E-state index contributed by atoms with van der Waals surface area (Å²) in [5, 5.41) is 9.43. The van der Waals surface area contributed by atoms with Gasteiger partial charge in [-0.15, -0.1) is 0 Å². The number of phenols is 1. The molecule has 1 aliphatic rings. The van der Waals surface area contributed by atoms with Crippen LogP contribution in [0.2, 0.25) is 0 Å².